The molecule has 0 aliphatic heterocycles. The van der Waals surface area contributed by atoms with E-state index in [4.69, 9.17) is 4.74 Å². The van der Waals surface area contributed by atoms with Gasteiger partial charge in [0.2, 0.25) is 5.82 Å². The standard InChI is InChI=1S/C11H15F3N2O2/c1-6(17)9(7(2)18-3)8-4-15-10(16-5-8)11(12,13)14/h4-7,9,17H,1-3H3. The van der Waals surface area contributed by atoms with Crippen LogP contribution in [-0.4, -0.2) is 34.4 Å². The molecule has 102 valence electrons. The van der Waals surface area contributed by atoms with Gasteiger partial charge < -0.3 is 9.84 Å². The van der Waals surface area contributed by atoms with Crippen molar-refractivity contribution in [1.29, 1.82) is 0 Å². The van der Waals surface area contributed by atoms with E-state index in [1.54, 1.807) is 6.92 Å². The highest BCUT2D eigenvalue weighted by atomic mass is 19.4. The first-order chi connectivity index (χ1) is 8.27. The van der Waals surface area contributed by atoms with Crippen molar-refractivity contribution in [1.82, 2.24) is 9.97 Å². The molecular weight excluding hydrogens is 249 g/mol. The van der Waals surface area contributed by atoms with Crippen LogP contribution < -0.4 is 0 Å². The van der Waals surface area contributed by atoms with E-state index >= 15 is 0 Å². The van der Waals surface area contributed by atoms with Gasteiger partial charge in [-0.05, 0) is 19.4 Å². The number of alkyl halides is 3. The van der Waals surface area contributed by atoms with Crippen molar-refractivity contribution in [2.75, 3.05) is 7.11 Å². The molecule has 1 aromatic rings. The number of ether oxygens (including phenoxy) is 1. The van der Waals surface area contributed by atoms with Crippen molar-refractivity contribution in [2.45, 2.75) is 38.1 Å². The number of halogens is 3. The Balaban J connectivity index is 3.01. The first kappa shape index (κ1) is 14.8. The molecule has 0 aliphatic rings. The van der Waals surface area contributed by atoms with Gasteiger partial charge in [-0.3, -0.25) is 0 Å². The van der Waals surface area contributed by atoms with Crippen molar-refractivity contribution < 1.29 is 23.0 Å². The largest absolute Gasteiger partial charge is 0.451 e. The normalized spacial score (nSPS) is 17.3. The van der Waals surface area contributed by atoms with Gasteiger partial charge in [0.05, 0.1) is 12.2 Å². The Morgan fingerprint density at radius 1 is 1.22 bits per heavy atom. The molecule has 0 bridgehead atoms. The van der Waals surface area contributed by atoms with E-state index in [2.05, 4.69) is 9.97 Å². The van der Waals surface area contributed by atoms with E-state index in [1.165, 1.54) is 14.0 Å². The van der Waals surface area contributed by atoms with E-state index in [1.807, 2.05) is 0 Å². The minimum atomic E-state index is -4.56. The Morgan fingerprint density at radius 2 is 1.72 bits per heavy atom. The maximum Gasteiger partial charge on any atom is 0.451 e. The summed E-state index contributed by atoms with van der Waals surface area (Å²) in [5.41, 5.74) is 0.410. The van der Waals surface area contributed by atoms with E-state index in [0.29, 0.717) is 5.56 Å². The third-order valence-corrected chi connectivity index (χ3v) is 2.71. The number of aliphatic hydroxyl groups excluding tert-OH is 1. The molecule has 0 spiro atoms. The zero-order chi connectivity index (χ0) is 13.9. The van der Waals surface area contributed by atoms with Crippen LogP contribution >= 0.6 is 0 Å². The Morgan fingerprint density at radius 3 is 2.06 bits per heavy atom. The molecule has 18 heavy (non-hydrogen) atoms. The van der Waals surface area contributed by atoms with Crippen LogP contribution in [0.15, 0.2) is 12.4 Å². The van der Waals surface area contributed by atoms with Gasteiger partial charge in [0.15, 0.2) is 0 Å². The lowest BCUT2D eigenvalue weighted by molar-refractivity contribution is -0.145. The summed E-state index contributed by atoms with van der Waals surface area (Å²) >= 11 is 0. The van der Waals surface area contributed by atoms with Crippen LogP contribution in [0.1, 0.15) is 31.2 Å². The first-order valence-electron chi connectivity index (χ1n) is 5.37. The molecule has 3 unspecified atom stereocenters. The Bertz CT molecular complexity index is 379. The predicted molar refractivity (Wildman–Crippen MR) is 57.9 cm³/mol. The lowest BCUT2D eigenvalue weighted by Crippen LogP contribution is -2.27. The Hall–Kier alpha value is -1.21. The molecule has 1 aromatic heterocycles. The summed E-state index contributed by atoms with van der Waals surface area (Å²) in [6.45, 7) is 3.26. The molecule has 0 fully saturated rings. The summed E-state index contributed by atoms with van der Waals surface area (Å²) in [6, 6.07) is 0. The van der Waals surface area contributed by atoms with Gasteiger partial charge in [-0.15, -0.1) is 0 Å². The first-order valence-corrected chi connectivity index (χ1v) is 5.37. The fourth-order valence-corrected chi connectivity index (χ4v) is 1.74. The molecule has 0 radical (unpaired) electrons. The summed E-state index contributed by atoms with van der Waals surface area (Å²) in [7, 11) is 1.46. The molecule has 0 saturated heterocycles. The zero-order valence-corrected chi connectivity index (χ0v) is 10.3. The van der Waals surface area contributed by atoms with Crippen molar-refractivity contribution in [3.63, 3.8) is 0 Å². The summed E-state index contributed by atoms with van der Waals surface area (Å²) in [4.78, 5) is 6.53. The van der Waals surface area contributed by atoms with Crippen molar-refractivity contribution >= 4 is 0 Å². The highest BCUT2D eigenvalue weighted by Gasteiger charge is 2.35. The van der Waals surface area contributed by atoms with Crippen LogP contribution in [0, 0.1) is 0 Å². The molecule has 1 N–H and O–H groups in total. The third kappa shape index (κ3) is 3.39. The maximum atomic E-state index is 12.3. The molecule has 4 nitrogen and oxygen atoms in total. The molecule has 0 amide bonds. The fraction of sp³-hybridized carbons (Fsp3) is 0.636. The number of rotatable bonds is 4. The monoisotopic (exact) mass is 264 g/mol. The van der Waals surface area contributed by atoms with Gasteiger partial charge in [0, 0.05) is 25.4 Å². The number of hydrogen-bond acceptors (Lipinski definition) is 4. The highest BCUT2D eigenvalue weighted by molar-refractivity contribution is 5.15. The SMILES string of the molecule is COC(C)C(c1cnc(C(F)(F)F)nc1)C(C)O. The van der Waals surface area contributed by atoms with Crippen molar-refractivity contribution in [3.05, 3.63) is 23.8 Å². The van der Waals surface area contributed by atoms with Crippen LogP contribution in [0.3, 0.4) is 0 Å². The van der Waals surface area contributed by atoms with Crippen LogP contribution in [0.5, 0.6) is 0 Å². The summed E-state index contributed by atoms with van der Waals surface area (Å²) in [5.74, 6) is -1.67. The molecule has 0 saturated carbocycles. The van der Waals surface area contributed by atoms with Gasteiger partial charge in [0.1, 0.15) is 0 Å². The summed E-state index contributed by atoms with van der Waals surface area (Å²) < 4.78 is 42.0. The zero-order valence-electron chi connectivity index (χ0n) is 10.3. The molecule has 1 heterocycles. The van der Waals surface area contributed by atoms with E-state index in [9.17, 15) is 18.3 Å². The van der Waals surface area contributed by atoms with Gasteiger partial charge in [-0.25, -0.2) is 9.97 Å². The quantitative estimate of drug-likeness (QED) is 0.903. The Labute approximate surface area is 103 Å². The second kappa shape index (κ2) is 5.62. The lowest BCUT2D eigenvalue weighted by Gasteiger charge is -2.25. The topological polar surface area (TPSA) is 55.2 Å². The number of nitrogens with zero attached hydrogens (tertiary/aromatic N) is 2. The number of methoxy groups -OCH3 is 1. The van der Waals surface area contributed by atoms with Crippen LogP contribution in [0.2, 0.25) is 0 Å². The molecular formula is C11H15F3N2O2. The summed E-state index contributed by atoms with van der Waals surface area (Å²) in [6.07, 6.45) is -3.55. The lowest BCUT2D eigenvalue weighted by atomic mass is 9.91. The smallest absolute Gasteiger partial charge is 0.393 e. The van der Waals surface area contributed by atoms with Gasteiger partial charge in [-0.1, -0.05) is 0 Å². The van der Waals surface area contributed by atoms with Crippen LogP contribution in [-0.2, 0) is 10.9 Å². The van der Waals surface area contributed by atoms with Crippen molar-refractivity contribution in [3.8, 4) is 0 Å². The van der Waals surface area contributed by atoms with Gasteiger partial charge in [-0.2, -0.15) is 13.2 Å². The fourth-order valence-electron chi connectivity index (χ4n) is 1.74. The second-order valence-corrected chi connectivity index (χ2v) is 4.04. The van der Waals surface area contributed by atoms with Crippen molar-refractivity contribution in [2.24, 2.45) is 0 Å². The minimum Gasteiger partial charge on any atom is -0.393 e. The number of aromatic nitrogens is 2. The average molecular weight is 264 g/mol. The number of hydrogen-bond donors (Lipinski definition) is 1. The van der Waals surface area contributed by atoms with E-state index in [-0.39, 0.29) is 6.10 Å². The maximum absolute atomic E-state index is 12.3. The van der Waals surface area contributed by atoms with Gasteiger partial charge >= 0.3 is 6.18 Å². The predicted octanol–water partition coefficient (Wildman–Crippen LogP) is 1.99. The minimum absolute atomic E-state index is 0.356. The number of aliphatic hydroxyl groups is 1. The van der Waals surface area contributed by atoms with E-state index in [0.717, 1.165) is 12.4 Å². The second-order valence-electron chi connectivity index (χ2n) is 4.04. The van der Waals surface area contributed by atoms with Crippen LogP contribution in [0.25, 0.3) is 0 Å². The average Bonchev–Trinajstić information content (AvgIpc) is 2.28. The van der Waals surface area contributed by atoms with E-state index < -0.39 is 24.0 Å². The molecule has 0 aliphatic carbocycles. The molecule has 7 heteroatoms. The Kier molecular flexibility index (Phi) is 4.64. The highest BCUT2D eigenvalue weighted by Crippen LogP contribution is 2.28. The molecule has 1 rings (SSSR count). The van der Waals surface area contributed by atoms with Crippen LogP contribution in [0.4, 0.5) is 13.2 Å². The third-order valence-electron chi connectivity index (χ3n) is 2.71. The molecule has 3 atom stereocenters. The molecule has 0 aromatic carbocycles. The van der Waals surface area contributed by atoms with Gasteiger partial charge in [0.25, 0.3) is 0 Å². The summed E-state index contributed by atoms with van der Waals surface area (Å²) in [5, 5.41) is 9.64.